The maximum absolute atomic E-state index is 13.2. The Bertz CT molecular complexity index is 915. The summed E-state index contributed by atoms with van der Waals surface area (Å²) in [6.45, 7) is 1.92. The molecule has 1 fully saturated rings. The van der Waals surface area contributed by atoms with E-state index in [9.17, 15) is 4.79 Å². The molecular weight excluding hydrogens is 370 g/mol. The van der Waals surface area contributed by atoms with Gasteiger partial charge < -0.3 is 23.8 Å². The molecule has 0 aliphatic carbocycles. The summed E-state index contributed by atoms with van der Waals surface area (Å²) in [6, 6.07) is 9.26. The van der Waals surface area contributed by atoms with Crippen molar-refractivity contribution in [2.75, 3.05) is 26.6 Å². The molecule has 2 aromatic carbocycles. The summed E-state index contributed by atoms with van der Waals surface area (Å²) in [5.41, 5.74) is 1.56. The van der Waals surface area contributed by atoms with Crippen LogP contribution in [0.2, 0.25) is 5.02 Å². The van der Waals surface area contributed by atoms with Crippen molar-refractivity contribution in [3.63, 3.8) is 0 Å². The standard InChI is InChI=1S/C20H18ClNO5/c21-14-8-13(10-18-19(14)27-11-26-18)20(23)22-5-1-2-15(22)12-3-4-16-17(9-12)25-7-6-24-16/h3-4,8-10,15H,1-2,5-7,11H2/t15-/m0/s1. The number of likely N-dealkylation sites (tertiary alicyclic amines) is 1. The van der Waals surface area contributed by atoms with E-state index in [1.165, 1.54) is 0 Å². The minimum Gasteiger partial charge on any atom is -0.486 e. The van der Waals surface area contributed by atoms with E-state index in [0.29, 0.717) is 41.8 Å². The second kappa shape index (κ2) is 6.53. The molecule has 27 heavy (non-hydrogen) atoms. The van der Waals surface area contributed by atoms with Crippen molar-refractivity contribution in [2.45, 2.75) is 18.9 Å². The van der Waals surface area contributed by atoms with E-state index in [1.54, 1.807) is 12.1 Å². The highest BCUT2D eigenvalue weighted by molar-refractivity contribution is 6.32. The van der Waals surface area contributed by atoms with Crippen LogP contribution in [0.4, 0.5) is 0 Å². The largest absolute Gasteiger partial charge is 0.486 e. The molecule has 1 saturated heterocycles. The number of fused-ring (bicyclic) bond motifs is 2. The zero-order chi connectivity index (χ0) is 18.4. The van der Waals surface area contributed by atoms with Gasteiger partial charge in [-0.3, -0.25) is 4.79 Å². The number of hydrogen-bond acceptors (Lipinski definition) is 5. The molecule has 140 valence electrons. The minimum atomic E-state index is -0.0624. The Morgan fingerprint density at radius 2 is 1.85 bits per heavy atom. The Morgan fingerprint density at radius 3 is 2.74 bits per heavy atom. The molecule has 3 aliphatic rings. The van der Waals surface area contributed by atoms with Crippen LogP contribution in [0.5, 0.6) is 23.0 Å². The van der Waals surface area contributed by atoms with E-state index < -0.39 is 0 Å². The average Bonchev–Trinajstić information content (AvgIpc) is 3.36. The molecule has 0 N–H and O–H groups in total. The summed E-state index contributed by atoms with van der Waals surface area (Å²) in [6.07, 6.45) is 1.85. The highest BCUT2D eigenvalue weighted by Crippen LogP contribution is 2.42. The molecule has 3 heterocycles. The zero-order valence-corrected chi connectivity index (χ0v) is 15.3. The molecule has 2 aromatic rings. The molecule has 1 atom stereocenters. The van der Waals surface area contributed by atoms with E-state index in [4.69, 9.17) is 30.5 Å². The van der Waals surface area contributed by atoms with E-state index >= 15 is 0 Å². The highest BCUT2D eigenvalue weighted by Gasteiger charge is 2.32. The van der Waals surface area contributed by atoms with Crippen LogP contribution in [-0.2, 0) is 0 Å². The predicted molar refractivity (Wildman–Crippen MR) is 98.0 cm³/mol. The molecule has 5 rings (SSSR count). The molecule has 6 nitrogen and oxygen atoms in total. The lowest BCUT2D eigenvalue weighted by Crippen LogP contribution is -2.30. The molecule has 0 radical (unpaired) electrons. The summed E-state index contributed by atoms with van der Waals surface area (Å²) in [5, 5.41) is 0.392. The average molecular weight is 388 g/mol. The van der Waals surface area contributed by atoms with Gasteiger partial charge in [-0.1, -0.05) is 17.7 Å². The Hall–Kier alpha value is -2.60. The number of amides is 1. The number of carbonyl (C=O) groups is 1. The molecule has 0 bridgehead atoms. The first-order valence-electron chi connectivity index (χ1n) is 9.00. The molecule has 0 saturated carbocycles. The number of benzene rings is 2. The Labute approximate surface area is 161 Å². The van der Waals surface area contributed by atoms with Crippen LogP contribution < -0.4 is 18.9 Å². The molecule has 7 heteroatoms. The lowest BCUT2D eigenvalue weighted by atomic mass is 10.0. The van der Waals surface area contributed by atoms with Gasteiger partial charge >= 0.3 is 0 Å². The summed E-state index contributed by atoms with van der Waals surface area (Å²) >= 11 is 6.25. The Kier molecular flexibility index (Phi) is 4.01. The smallest absolute Gasteiger partial charge is 0.254 e. The van der Waals surface area contributed by atoms with E-state index in [1.807, 2.05) is 23.1 Å². The monoisotopic (exact) mass is 387 g/mol. The van der Waals surface area contributed by atoms with E-state index in [0.717, 1.165) is 29.9 Å². The number of hydrogen-bond donors (Lipinski definition) is 0. The molecule has 3 aliphatic heterocycles. The van der Waals surface area contributed by atoms with Crippen LogP contribution in [0.25, 0.3) is 0 Å². The van der Waals surface area contributed by atoms with Gasteiger partial charge in [-0.2, -0.15) is 0 Å². The van der Waals surface area contributed by atoms with Crippen LogP contribution in [0.15, 0.2) is 30.3 Å². The van der Waals surface area contributed by atoms with Crippen LogP contribution >= 0.6 is 11.6 Å². The van der Waals surface area contributed by atoms with Gasteiger partial charge in [-0.25, -0.2) is 0 Å². The van der Waals surface area contributed by atoms with Gasteiger partial charge in [0.15, 0.2) is 23.0 Å². The number of rotatable bonds is 2. The van der Waals surface area contributed by atoms with Gasteiger partial charge in [0.05, 0.1) is 11.1 Å². The SMILES string of the molecule is O=C(c1cc(Cl)c2c(c1)OCO2)N1CCC[C@H]1c1ccc2c(c1)OCCO2. The van der Waals surface area contributed by atoms with Crippen molar-refractivity contribution in [2.24, 2.45) is 0 Å². The lowest BCUT2D eigenvalue weighted by Gasteiger charge is -2.27. The third-order valence-electron chi connectivity index (χ3n) is 5.14. The van der Waals surface area contributed by atoms with Crippen molar-refractivity contribution in [1.82, 2.24) is 4.90 Å². The highest BCUT2D eigenvalue weighted by atomic mass is 35.5. The van der Waals surface area contributed by atoms with Crippen molar-refractivity contribution < 1.29 is 23.7 Å². The number of halogens is 1. The molecule has 0 aromatic heterocycles. The topological polar surface area (TPSA) is 57.2 Å². The van der Waals surface area contributed by atoms with Gasteiger partial charge in [0.25, 0.3) is 5.91 Å². The van der Waals surface area contributed by atoms with Crippen LogP contribution in [0.3, 0.4) is 0 Å². The Balaban J connectivity index is 1.44. The maximum atomic E-state index is 13.2. The van der Waals surface area contributed by atoms with Gasteiger partial charge in [-0.05, 0) is 42.7 Å². The first kappa shape index (κ1) is 16.6. The van der Waals surface area contributed by atoms with Gasteiger partial charge in [-0.15, -0.1) is 0 Å². The number of nitrogens with zero attached hydrogens (tertiary/aromatic N) is 1. The third-order valence-corrected chi connectivity index (χ3v) is 5.42. The quantitative estimate of drug-likeness (QED) is 0.784. The van der Waals surface area contributed by atoms with Gasteiger partial charge in [0, 0.05) is 12.1 Å². The van der Waals surface area contributed by atoms with E-state index in [2.05, 4.69) is 0 Å². The predicted octanol–water partition coefficient (Wildman–Crippen LogP) is 3.82. The number of ether oxygens (including phenoxy) is 4. The number of carbonyl (C=O) groups excluding carboxylic acids is 1. The third kappa shape index (κ3) is 2.84. The van der Waals surface area contributed by atoms with Crippen molar-refractivity contribution in [3.8, 4) is 23.0 Å². The summed E-state index contributed by atoms with van der Waals surface area (Å²) in [7, 11) is 0. The van der Waals surface area contributed by atoms with Crippen LogP contribution in [0, 0.1) is 0 Å². The lowest BCUT2D eigenvalue weighted by molar-refractivity contribution is 0.0734. The first-order valence-corrected chi connectivity index (χ1v) is 9.38. The maximum Gasteiger partial charge on any atom is 0.254 e. The van der Waals surface area contributed by atoms with Crippen molar-refractivity contribution in [3.05, 3.63) is 46.5 Å². The fourth-order valence-corrected chi connectivity index (χ4v) is 4.15. The summed E-state index contributed by atoms with van der Waals surface area (Å²) < 4.78 is 22.0. The van der Waals surface area contributed by atoms with Crippen molar-refractivity contribution in [1.29, 1.82) is 0 Å². The normalized spacial score (nSPS) is 20.0. The Morgan fingerprint density at radius 1 is 1.00 bits per heavy atom. The summed E-state index contributed by atoms with van der Waals surface area (Å²) in [4.78, 5) is 15.1. The van der Waals surface area contributed by atoms with Crippen LogP contribution in [-0.4, -0.2) is 37.4 Å². The molecular formula is C20H18ClNO5. The zero-order valence-electron chi connectivity index (χ0n) is 14.6. The fourth-order valence-electron chi connectivity index (χ4n) is 3.88. The fraction of sp³-hybridized carbons (Fsp3) is 0.350. The molecule has 0 unspecified atom stereocenters. The minimum absolute atomic E-state index is 0.00229. The van der Waals surface area contributed by atoms with Gasteiger partial charge in [0.1, 0.15) is 13.2 Å². The first-order chi connectivity index (χ1) is 13.2. The van der Waals surface area contributed by atoms with E-state index in [-0.39, 0.29) is 18.7 Å². The second-order valence-electron chi connectivity index (χ2n) is 6.75. The van der Waals surface area contributed by atoms with Crippen LogP contribution in [0.1, 0.15) is 34.8 Å². The summed E-state index contributed by atoms with van der Waals surface area (Å²) in [5.74, 6) is 2.44. The van der Waals surface area contributed by atoms with Gasteiger partial charge in [0.2, 0.25) is 6.79 Å². The second-order valence-corrected chi connectivity index (χ2v) is 7.16. The van der Waals surface area contributed by atoms with Crippen molar-refractivity contribution >= 4 is 17.5 Å². The molecule has 1 amide bonds. The molecule has 0 spiro atoms.